The second-order valence-electron chi connectivity index (χ2n) is 4.69. The zero-order valence-electron chi connectivity index (χ0n) is 10.3. The van der Waals surface area contributed by atoms with E-state index in [9.17, 15) is 4.79 Å². The predicted octanol–water partition coefficient (Wildman–Crippen LogP) is 1.79. The highest BCUT2D eigenvalue weighted by Gasteiger charge is 2.15. The van der Waals surface area contributed by atoms with Crippen LogP contribution in [0, 0.1) is 6.92 Å². The Morgan fingerprint density at radius 2 is 2.25 bits per heavy atom. The van der Waals surface area contributed by atoms with Crippen LogP contribution in [0.3, 0.4) is 0 Å². The van der Waals surface area contributed by atoms with Gasteiger partial charge in [0, 0.05) is 24.9 Å². The Balaban J connectivity index is 2.23. The van der Waals surface area contributed by atoms with Crippen LogP contribution in [0.5, 0.6) is 0 Å². The molecule has 1 aromatic heterocycles. The quantitative estimate of drug-likeness (QED) is 0.824. The maximum absolute atomic E-state index is 11.3. The lowest BCUT2D eigenvalue weighted by Crippen LogP contribution is -2.33. The summed E-state index contributed by atoms with van der Waals surface area (Å²) in [5.74, 6) is 0.869. The molecule has 5 heteroatoms. The van der Waals surface area contributed by atoms with Crippen molar-refractivity contribution in [3.8, 4) is 0 Å². The molecular formula is C11H19N3O2. The lowest BCUT2D eigenvalue weighted by atomic mass is 10.2. The number of aryl methyl sites for hydroxylation is 1. The van der Waals surface area contributed by atoms with Gasteiger partial charge < -0.3 is 15.0 Å². The van der Waals surface area contributed by atoms with Crippen LogP contribution < -0.4 is 5.32 Å². The van der Waals surface area contributed by atoms with Gasteiger partial charge in [-0.25, -0.2) is 9.78 Å². The fourth-order valence-corrected chi connectivity index (χ4v) is 1.19. The molecule has 1 heterocycles. The molecule has 0 radical (unpaired) electrons. The molecule has 90 valence electrons. The SMILES string of the molecule is Cc1cnc(CCNC(=O)OC(C)(C)C)[nH]1. The smallest absolute Gasteiger partial charge is 0.407 e. The van der Waals surface area contributed by atoms with Gasteiger partial charge in [0.2, 0.25) is 0 Å². The van der Waals surface area contributed by atoms with Gasteiger partial charge in [0.1, 0.15) is 11.4 Å². The van der Waals surface area contributed by atoms with E-state index >= 15 is 0 Å². The van der Waals surface area contributed by atoms with Crippen molar-refractivity contribution in [2.75, 3.05) is 6.54 Å². The highest BCUT2D eigenvalue weighted by molar-refractivity contribution is 5.67. The first kappa shape index (κ1) is 12.5. The monoisotopic (exact) mass is 225 g/mol. The molecule has 0 fully saturated rings. The maximum Gasteiger partial charge on any atom is 0.407 e. The van der Waals surface area contributed by atoms with E-state index in [0.717, 1.165) is 11.5 Å². The summed E-state index contributed by atoms with van der Waals surface area (Å²) < 4.78 is 5.10. The normalized spacial score (nSPS) is 11.2. The zero-order valence-corrected chi connectivity index (χ0v) is 10.3. The van der Waals surface area contributed by atoms with Crippen molar-refractivity contribution >= 4 is 6.09 Å². The summed E-state index contributed by atoms with van der Waals surface area (Å²) in [5, 5.41) is 2.68. The van der Waals surface area contributed by atoms with E-state index in [4.69, 9.17) is 4.74 Å². The van der Waals surface area contributed by atoms with Crippen molar-refractivity contribution in [2.24, 2.45) is 0 Å². The molecule has 2 N–H and O–H groups in total. The largest absolute Gasteiger partial charge is 0.444 e. The summed E-state index contributed by atoms with van der Waals surface area (Å²) in [5.41, 5.74) is 0.568. The summed E-state index contributed by atoms with van der Waals surface area (Å²) >= 11 is 0. The number of carbonyl (C=O) groups is 1. The third-order valence-corrected chi connectivity index (χ3v) is 1.79. The number of ether oxygens (including phenoxy) is 1. The average molecular weight is 225 g/mol. The van der Waals surface area contributed by atoms with Crippen molar-refractivity contribution in [1.29, 1.82) is 0 Å². The van der Waals surface area contributed by atoms with Crippen molar-refractivity contribution in [1.82, 2.24) is 15.3 Å². The molecule has 0 aliphatic carbocycles. The second kappa shape index (κ2) is 5.01. The standard InChI is InChI=1S/C11H19N3O2/c1-8-7-13-9(14-8)5-6-12-10(15)16-11(2,3)4/h7H,5-6H2,1-4H3,(H,12,15)(H,13,14). The molecule has 0 unspecified atom stereocenters. The summed E-state index contributed by atoms with van der Waals surface area (Å²) in [6, 6.07) is 0. The molecule has 0 atom stereocenters. The van der Waals surface area contributed by atoms with Crippen molar-refractivity contribution in [3.05, 3.63) is 17.7 Å². The molecule has 0 aromatic carbocycles. The topological polar surface area (TPSA) is 67.0 Å². The van der Waals surface area contributed by atoms with E-state index in [0.29, 0.717) is 13.0 Å². The molecule has 0 saturated carbocycles. The number of rotatable bonds is 3. The molecule has 0 aliphatic rings. The number of amides is 1. The number of nitrogens with zero attached hydrogens (tertiary/aromatic N) is 1. The molecule has 16 heavy (non-hydrogen) atoms. The number of nitrogens with one attached hydrogen (secondary N) is 2. The van der Waals surface area contributed by atoms with Crippen molar-refractivity contribution in [3.63, 3.8) is 0 Å². The number of aromatic amines is 1. The molecule has 0 aliphatic heterocycles. The number of hydrogen-bond acceptors (Lipinski definition) is 3. The molecule has 1 aromatic rings. The molecular weight excluding hydrogens is 206 g/mol. The van der Waals surface area contributed by atoms with Crippen LogP contribution in [0.25, 0.3) is 0 Å². The minimum Gasteiger partial charge on any atom is -0.444 e. The predicted molar refractivity (Wildman–Crippen MR) is 61.3 cm³/mol. The first-order valence-electron chi connectivity index (χ1n) is 5.34. The Kier molecular flexibility index (Phi) is 3.93. The van der Waals surface area contributed by atoms with Gasteiger partial charge in [0.25, 0.3) is 0 Å². The van der Waals surface area contributed by atoms with Gasteiger partial charge in [0.05, 0.1) is 0 Å². The molecule has 0 spiro atoms. The van der Waals surface area contributed by atoms with Crippen LogP contribution in [-0.4, -0.2) is 28.2 Å². The molecule has 5 nitrogen and oxygen atoms in total. The van der Waals surface area contributed by atoms with Gasteiger partial charge in [-0.2, -0.15) is 0 Å². The summed E-state index contributed by atoms with van der Waals surface area (Å²) in [4.78, 5) is 18.5. The maximum atomic E-state index is 11.3. The van der Waals surface area contributed by atoms with E-state index in [1.54, 1.807) is 6.20 Å². The van der Waals surface area contributed by atoms with E-state index in [-0.39, 0.29) is 0 Å². The van der Waals surface area contributed by atoms with Crippen molar-refractivity contribution < 1.29 is 9.53 Å². The lowest BCUT2D eigenvalue weighted by molar-refractivity contribution is 0.0528. The number of H-pyrrole nitrogens is 1. The van der Waals surface area contributed by atoms with Crippen molar-refractivity contribution in [2.45, 2.75) is 39.7 Å². The van der Waals surface area contributed by atoms with E-state index in [2.05, 4.69) is 15.3 Å². The fourth-order valence-electron chi connectivity index (χ4n) is 1.19. The Labute approximate surface area is 95.6 Å². The summed E-state index contributed by atoms with van der Waals surface area (Å²) in [6.45, 7) is 7.97. The highest BCUT2D eigenvalue weighted by atomic mass is 16.6. The third-order valence-electron chi connectivity index (χ3n) is 1.79. The zero-order chi connectivity index (χ0) is 12.2. The highest BCUT2D eigenvalue weighted by Crippen LogP contribution is 2.06. The van der Waals surface area contributed by atoms with Crippen LogP contribution in [0.1, 0.15) is 32.3 Å². The van der Waals surface area contributed by atoms with Crippen LogP contribution in [0.4, 0.5) is 4.79 Å². The van der Waals surface area contributed by atoms with E-state index < -0.39 is 11.7 Å². The van der Waals surface area contributed by atoms with Gasteiger partial charge >= 0.3 is 6.09 Å². The number of imidazole rings is 1. The van der Waals surface area contributed by atoms with E-state index in [1.165, 1.54) is 0 Å². The van der Waals surface area contributed by atoms with Gasteiger partial charge in [-0.15, -0.1) is 0 Å². The van der Waals surface area contributed by atoms with Gasteiger partial charge in [-0.05, 0) is 27.7 Å². The number of carbonyl (C=O) groups excluding carboxylic acids is 1. The van der Waals surface area contributed by atoms with Gasteiger partial charge in [-0.3, -0.25) is 0 Å². The number of hydrogen-bond donors (Lipinski definition) is 2. The van der Waals surface area contributed by atoms with Crippen LogP contribution in [-0.2, 0) is 11.2 Å². The first-order chi connectivity index (χ1) is 7.37. The van der Waals surface area contributed by atoms with Crippen LogP contribution in [0.2, 0.25) is 0 Å². The van der Waals surface area contributed by atoms with E-state index in [1.807, 2.05) is 27.7 Å². The average Bonchev–Trinajstić information content (AvgIpc) is 2.48. The Morgan fingerprint density at radius 1 is 1.56 bits per heavy atom. The Bertz CT molecular complexity index is 352. The molecule has 1 rings (SSSR count). The minimum atomic E-state index is -0.453. The molecule has 0 saturated heterocycles. The first-order valence-corrected chi connectivity index (χ1v) is 5.34. The lowest BCUT2D eigenvalue weighted by Gasteiger charge is -2.19. The van der Waals surface area contributed by atoms with Gasteiger partial charge in [0.15, 0.2) is 0 Å². The Hall–Kier alpha value is -1.52. The van der Waals surface area contributed by atoms with Crippen LogP contribution >= 0.6 is 0 Å². The minimum absolute atomic E-state index is 0.393. The molecule has 1 amide bonds. The van der Waals surface area contributed by atoms with Gasteiger partial charge in [-0.1, -0.05) is 0 Å². The summed E-state index contributed by atoms with van der Waals surface area (Å²) in [7, 11) is 0. The molecule has 0 bridgehead atoms. The van der Waals surface area contributed by atoms with Crippen LogP contribution in [0.15, 0.2) is 6.20 Å². The summed E-state index contributed by atoms with van der Waals surface area (Å²) in [6.07, 6.45) is 2.05. The number of aromatic nitrogens is 2. The fraction of sp³-hybridized carbons (Fsp3) is 0.636. The second-order valence-corrected chi connectivity index (χ2v) is 4.69. The Morgan fingerprint density at radius 3 is 2.75 bits per heavy atom. The third kappa shape index (κ3) is 4.82. The number of alkyl carbamates (subject to hydrolysis) is 1.